The fourth-order valence-electron chi connectivity index (χ4n) is 4.75. The summed E-state index contributed by atoms with van der Waals surface area (Å²) in [6, 6.07) is 23.6. The third-order valence-corrected chi connectivity index (χ3v) is 7.98. The lowest BCUT2D eigenvalue weighted by atomic mass is 9.99. The first kappa shape index (κ1) is 23.3. The highest BCUT2D eigenvalue weighted by Crippen LogP contribution is 2.53. The third-order valence-electron chi connectivity index (χ3n) is 6.64. The molecule has 5 rings (SSSR count). The summed E-state index contributed by atoms with van der Waals surface area (Å²) in [5.74, 6) is 1.83. The van der Waals surface area contributed by atoms with Crippen molar-refractivity contribution in [2.45, 2.75) is 49.0 Å². The SMILES string of the molecule is Cc1ccc(C2Sc3cc(C)ccc3OC2c2ccc(O[C@H]3CCN(CCCF)C3)cc2)cc1. The summed E-state index contributed by atoms with van der Waals surface area (Å²) in [7, 11) is 0. The van der Waals surface area contributed by atoms with Crippen molar-refractivity contribution in [3.05, 3.63) is 89.0 Å². The Labute approximate surface area is 206 Å². The number of nitrogens with zero attached hydrogens (tertiary/aromatic N) is 1. The number of rotatable bonds is 7. The maximum atomic E-state index is 12.5. The molecule has 2 unspecified atom stereocenters. The lowest BCUT2D eigenvalue weighted by Gasteiger charge is -2.34. The van der Waals surface area contributed by atoms with Crippen LogP contribution in [0.4, 0.5) is 4.39 Å². The molecule has 34 heavy (non-hydrogen) atoms. The molecular formula is C29H32FNO2S. The Balaban J connectivity index is 1.34. The molecule has 3 aromatic carbocycles. The Hall–Kier alpha value is -2.50. The van der Waals surface area contributed by atoms with Crippen molar-refractivity contribution in [3.63, 3.8) is 0 Å². The van der Waals surface area contributed by atoms with E-state index >= 15 is 0 Å². The van der Waals surface area contributed by atoms with Crippen molar-refractivity contribution in [2.24, 2.45) is 0 Å². The lowest BCUT2D eigenvalue weighted by molar-refractivity contribution is 0.189. The summed E-state index contributed by atoms with van der Waals surface area (Å²) < 4.78 is 25.3. The topological polar surface area (TPSA) is 21.7 Å². The molecule has 0 spiro atoms. The first-order chi connectivity index (χ1) is 16.6. The molecule has 0 bridgehead atoms. The average molecular weight is 478 g/mol. The molecule has 0 N–H and O–H groups in total. The van der Waals surface area contributed by atoms with Gasteiger partial charge in [0.1, 0.15) is 23.7 Å². The zero-order chi connectivity index (χ0) is 23.5. The zero-order valence-corrected chi connectivity index (χ0v) is 20.7. The Morgan fingerprint density at radius 2 is 1.71 bits per heavy atom. The molecule has 0 radical (unpaired) electrons. The first-order valence-electron chi connectivity index (χ1n) is 12.1. The molecule has 0 aliphatic carbocycles. The molecule has 2 aliphatic rings. The number of fused-ring (bicyclic) bond motifs is 1. The van der Waals surface area contributed by atoms with Gasteiger partial charge in [0.25, 0.3) is 0 Å². The summed E-state index contributed by atoms with van der Waals surface area (Å²) in [4.78, 5) is 3.48. The van der Waals surface area contributed by atoms with Crippen LogP contribution in [0.25, 0.3) is 0 Å². The predicted octanol–water partition coefficient (Wildman–Crippen LogP) is 7.08. The van der Waals surface area contributed by atoms with E-state index in [4.69, 9.17) is 9.47 Å². The zero-order valence-electron chi connectivity index (χ0n) is 19.9. The number of alkyl halides is 1. The van der Waals surface area contributed by atoms with Crippen molar-refractivity contribution >= 4 is 11.8 Å². The second-order valence-electron chi connectivity index (χ2n) is 9.38. The van der Waals surface area contributed by atoms with Crippen LogP contribution in [-0.2, 0) is 0 Å². The third kappa shape index (κ3) is 5.26. The van der Waals surface area contributed by atoms with Gasteiger partial charge in [-0.05, 0) is 67.6 Å². The minimum Gasteiger partial charge on any atom is -0.489 e. The van der Waals surface area contributed by atoms with E-state index in [2.05, 4.69) is 85.5 Å². The largest absolute Gasteiger partial charge is 0.489 e. The molecule has 3 aromatic rings. The smallest absolute Gasteiger partial charge is 0.140 e. The van der Waals surface area contributed by atoms with E-state index in [9.17, 15) is 4.39 Å². The molecule has 2 aliphatic heterocycles. The van der Waals surface area contributed by atoms with E-state index in [1.807, 2.05) is 11.8 Å². The van der Waals surface area contributed by atoms with Gasteiger partial charge in [0, 0.05) is 19.6 Å². The molecule has 3 nitrogen and oxygen atoms in total. The Bertz CT molecular complexity index is 1100. The normalized spacial score (nSPS) is 22.3. The van der Waals surface area contributed by atoms with Crippen LogP contribution >= 0.6 is 11.8 Å². The van der Waals surface area contributed by atoms with Crippen LogP contribution in [0.2, 0.25) is 0 Å². The van der Waals surface area contributed by atoms with E-state index in [0.29, 0.717) is 6.42 Å². The van der Waals surface area contributed by atoms with E-state index in [1.54, 1.807) is 0 Å². The summed E-state index contributed by atoms with van der Waals surface area (Å²) in [5.41, 5.74) is 4.92. The highest BCUT2D eigenvalue weighted by Gasteiger charge is 2.33. The van der Waals surface area contributed by atoms with Crippen LogP contribution < -0.4 is 9.47 Å². The standard InChI is InChI=1S/C29H32FNO2S/c1-20-4-7-23(8-5-20)29-28(33-26-13-6-21(2)18-27(26)34-29)22-9-11-24(12-10-22)32-25-14-17-31(19-25)16-3-15-30/h4-13,18,25,28-29H,3,14-17,19H2,1-2H3/t25-,28?,29?/m0/s1. The number of ether oxygens (including phenoxy) is 2. The van der Waals surface area contributed by atoms with Crippen molar-refractivity contribution < 1.29 is 13.9 Å². The number of aryl methyl sites for hydroxylation is 2. The Kier molecular flexibility index (Phi) is 7.12. The summed E-state index contributed by atoms with van der Waals surface area (Å²) in [6.45, 7) is 6.65. The lowest BCUT2D eigenvalue weighted by Crippen LogP contribution is -2.26. The van der Waals surface area contributed by atoms with Gasteiger partial charge in [-0.2, -0.15) is 0 Å². The van der Waals surface area contributed by atoms with Crippen molar-refractivity contribution in [1.82, 2.24) is 4.90 Å². The number of likely N-dealkylation sites (tertiary alicyclic amines) is 1. The molecule has 3 atom stereocenters. The van der Waals surface area contributed by atoms with E-state index in [0.717, 1.165) is 43.1 Å². The molecule has 0 aromatic heterocycles. The summed E-state index contributed by atoms with van der Waals surface area (Å²) in [6.07, 6.45) is 1.68. The molecule has 1 saturated heterocycles. The molecular weight excluding hydrogens is 445 g/mol. The van der Waals surface area contributed by atoms with E-state index < -0.39 is 0 Å². The minimum absolute atomic E-state index is 0.0837. The molecule has 0 saturated carbocycles. The van der Waals surface area contributed by atoms with Crippen LogP contribution in [0.15, 0.2) is 71.6 Å². The Morgan fingerprint density at radius 3 is 2.47 bits per heavy atom. The number of benzene rings is 3. The monoisotopic (exact) mass is 477 g/mol. The number of hydrogen-bond donors (Lipinski definition) is 0. The van der Waals surface area contributed by atoms with Crippen LogP contribution in [-0.4, -0.2) is 37.3 Å². The second kappa shape index (κ2) is 10.4. The van der Waals surface area contributed by atoms with Gasteiger partial charge in [-0.15, -0.1) is 11.8 Å². The Morgan fingerprint density at radius 1 is 0.971 bits per heavy atom. The highest BCUT2D eigenvalue weighted by atomic mass is 32.2. The van der Waals surface area contributed by atoms with E-state index in [-0.39, 0.29) is 24.1 Å². The molecule has 178 valence electrons. The fourth-order valence-corrected chi connectivity index (χ4v) is 6.14. The number of thioether (sulfide) groups is 1. The fraction of sp³-hybridized carbons (Fsp3) is 0.379. The molecule has 2 heterocycles. The van der Waals surface area contributed by atoms with Gasteiger partial charge in [0.2, 0.25) is 0 Å². The number of halogens is 1. The van der Waals surface area contributed by atoms with Gasteiger partial charge in [0.05, 0.1) is 16.8 Å². The van der Waals surface area contributed by atoms with Crippen LogP contribution in [0.1, 0.15) is 46.4 Å². The van der Waals surface area contributed by atoms with Crippen molar-refractivity contribution in [1.29, 1.82) is 0 Å². The van der Waals surface area contributed by atoms with Gasteiger partial charge < -0.3 is 9.47 Å². The van der Waals surface area contributed by atoms with Crippen LogP contribution in [0.3, 0.4) is 0 Å². The second-order valence-corrected chi connectivity index (χ2v) is 10.6. The summed E-state index contributed by atoms with van der Waals surface area (Å²) in [5, 5.41) is 0.167. The average Bonchev–Trinajstić information content (AvgIpc) is 3.30. The van der Waals surface area contributed by atoms with E-state index in [1.165, 1.54) is 21.6 Å². The molecule has 0 amide bonds. The maximum absolute atomic E-state index is 12.5. The van der Waals surface area contributed by atoms with Crippen LogP contribution in [0, 0.1) is 13.8 Å². The quantitative estimate of drug-likeness (QED) is 0.362. The molecule has 5 heteroatoms. The highest BCUT2D eigenvalue weighted by molar-refractivity contribution is 7.99. The summed E-state index contributed by atoms with van der Waals surface area (Å²) >= 11 is 1.88. The maximum Gasteiger partial charge on any atom is 0.140 e. The molecule has 1 fully saturated rings. The van der Waals surface area contributed by atoms with Crippen LogP contribution in [0.5, 0.6) is 11.5 Å². The van der Waals surface area contributed by atoms with Crippen molar-refractivity contribution in [3.8, 4) is 11.5 Å². The first-order valence-corrected chi connectivity index (χ1v) is 13.0. The van der Waals surface area contributed by atoms with Gasteiger partial charge in [-0.1, -0.05) is 48.0 Å². The van der Waals surface area contributed by atoms with Gasteiger partial charge in [-0.3, -0.25) is 9.29 Å². The van der Waals surface area contributed by atoms with Gasteiger partial charge in [0.15, 0.2) is 0 Å². The van der Waals surface area contributed by atoms with Gasteiger partial charge in [-0.25, -0.2) is 0 Å². The minimum atomic E-state index is -0.251. The predicted molar refractivity (Wildman–Crippen MR) is 137 cm³/mol. The number of hydrogen-bond acceptors (Lipinski definition) is 4. The van der Waals surface area contributed by atoms with Crippen molar-refractivity contribution in [2.75, 3.05) is 26.3 Å². The van der Waals surface area contributed by atoms with Gasteiger partial charge >= 0.3 is 0 Å².